The summed E-state index contributed by atoms with van der Waals surface area (Å²) in [5.74, 6) is -0.838. The Hall–Kier alpha value is -2.92. The third-order valence-corrected chi connectivity index (χ3v) is 5.42. The molecule has 0 bridgehead atoms. The van der Waals surface area contributed by atoms with E-state index in [0.29, 0.717) is 0 Å². The third kappa shape index (κ3) is 3.12. The fourth-order valence-corrected chi connectivity index (χ4v) is 3.91. The average Bonchev–Trinajstić information content (AvgIpc) is 3.01. The second kappa shape index (κ2) is 7.24. The minimum atomic E-state index is -0.488. The van der Waals surface area contributed by atoms with Crippen LogP contribution in [0.5, 0.6) is 0 Å². The lowest BCUT2D eigenvalue weighted by molar-refractivity contribution is 0.0979. The molecule has 0 radical (unpaired) electrons. The summed E-state index contributed by atoms with van der Waals surface area (Å²) in [5, 5.41) is 0.241. The normalized spacial score (nSPS) is 15.5. The molecule has 0 aliphatic carbocycles. The summed E-state index contributed by atoms with van der Waals surface area (Å²) in [6.07, 6.45) is 2.27. The van der Waals surface area contributed by atoms with Gasteiger partial charge in [0, 0.05) is 28.5 Å². The molecule has 2 heterocycles. The molecule has 4 rings (SSSR count). The van der Waals surface area contributed by atoms with E-state index in [4.69, 9.17) is 11.6 Å². The first kappa shape index (κ1) is 18.4. The maximum absolute atomic E-state index is 14.1. The predicted octanol–water partition coefficient (Wildman–Crippen LogP) is 4.28. The first-order valence-electron chi connectivity index (χ1n) is 9.01. The Morgan fingerprint density at radius 1 is 1.14 bits per heavy atom. The van der Waals surface area contributed by atoms with Gasteiger partial charge in [0.15, 0.2) is 0 Å². The van der Waals surface area contributed by atoms with Crippen LogP contribution in [0.25, 0.3) is 0 Å². The number of para-hydroxylation sites is 1. The number of benzene rings is 2. The van der Waals surface area contributed by atoms with E-state index < -0.39 is 11.4 Å². The number of carbonyl (C=O) groups is 1. The van der Waals surface area contributed by atoms with Crippen molar-refractivity contribution in [2.75, 3.05) is 4.90 Å². The fourth-order valence-electron chi connectivity index (χ4n) is 3.68. The molecule has 28 heavy (non-hydrogen) atoms. The van der Waals surface area contributed by atoms with Crippen molar-refractivity contribution in [1.82, 2.24) is 4.57 Å². The molecule has 3 aromatic rings. The molecule has 6 heteroatoms. The van der Waals surface area contributed by atoms with Crippen LogP contribution >= 0.6 is 11.6 Å². The summed E-state index contributed by atoms with van der Waals surface area (Å²) in [4.78, 5) is 27.8. The fraction of sp³-hybridized carbons (Fsp3) is 0.182. The van der Waals surface area contributed by atoms with Gasteiger partial charge in [0.1, 0.15) is 11.4 Å². The minimum Gasteiger partial charge on any atom is -0.310 e. The molecule has 1 aliphatic rings. The molecule has 1 atom stereocenters. The highest BCUT2D eigenvalue weighted by Gasteiger charge is 2.32. The molecular weight excluding hydrogens is 379 g/mol. The van der Waals surface area contributed by atoms with Crippen LogP contribution < -0.4 is 10.5 Å². The minimum absolute atomic E-state index is 0.0426. The van der Waals surface area contributed by atoms with E-state index in [1.54, 1.807) is 17.0 Å². The molecule has 0 saturated carbocycles. The Labute approximate surface area is 166 Å². The van der Waals surface area contributed by atoms with Gasteiger partial charge in [-0.2, -0.15) is 0 Å². The SMILES string of the molecule is C[C@H]1Cc2ccccc2N1C(=O)c1cccn(Cc2c(F)cccc2Cl)c1=O. The highest BCUT2D eigenvalue weighted by atomic mass is 35.5. The summed E-state index contributed by atoms with van der Waals surface area (Å²) in [7, 11) is 0. The Morgan fingerprint density at radius 3 is 2.71 bits per heavy atom. The van der Waals surface area contributed by atoms with E-state index >= 15 is 0 Å². The summed E-state index contributed by atoms with van der Waals surface area (Å²) < 4.78 is 15.4. The second-order valence-electron chi connectivity index (χ2n) is 6.91. The number of halogens is 2. The standard InChI is InChI=1S/C22H18ClFN2O2/c1-14-12-15-6-2-3-10-20(15)26(14)22(28)16-7-5-11-25(21(16)27)13-17-18(23)8-4-9-19(17)24/h2-11,14H,12-13H2,1H3/t14-/m0/s1. The molecule has 142 valence electrons. The first-order chi connectivity index (χ1) is 13.5. The zero-order valence-corrected chi connectivity index (χ0v) is 16.0. The number of hydrogen-bond donors (Lipinski definition) is 0. The molecule has 0 unspecified atom stereocenters. The molecular formula is C22H18ClFN2O2. The largest absolute Gasteiger partial charge is 0.310 e. The van der Waals surface area contributed by atoms with Crippen molar-refractivity contribution in [2.45, 2.75) is 25.9 Å². The van der Waals surface area contributed by atoms with Crippen molar-refractivity contribution in [3.05, 3.63) is 98.7 Å². The van der Waals surface area contributed by atoms with Gasteiger partial charge >= 0.3 is 0 Å². The van der Waals surface area contributed by atoms with Gasteiger partial charge in [0.2, 0.25) is 0 Å². The molecule has 4 nitrogen and oxygen atoms in total. The number of hydrogen-bond acceptors (Lipinski definition) is 2. The highest BCUT2D eigenvalue weighted by molar-refractivity contribution is 6.31. The zero-order valence-electron chi connectivity index (χ0n) is 15.2. The van der Waals surface area contributed by atoms with Gasteiger partial charge in [-0.3, -0.25) is 9.59 Å². The lowest BCUT2D eigenvalue weighted by atomic mass is 10.1. The third-order valence-electron chi connectivity index (χ3n) is 5.07. The van der Waals surface area contributed by atoms with Gasteiger partial charge in [0.25, 0.3) is 11.5 Å². The van der Waals surface area contributed by atoms with E-state index in [2.05, 4.69) is 0 Å². The Balaban J connectivity index is 1.72. The van der Waals surface area contributed by atoms with Crippen molar-refractivity contribution in [3.63, 3.8) is 0 Å². The molecule has 0 fully saturated rings. The average molecular weight is 397 g/mol. The van der Waals surface area contributed by atoms with Crippen LogP contribution in [0.2, 0.25) is 5.02 Å². The smallest absolute Gasteiger partial charge is 0.264 e. The van der Waals surface area contributed by atoms with Gasteiger partial charge in [0.05, 0.1) is 6.54 Å². The number of anilines is 1. The summed E-state index contributed by atoms with van der Waals surface area (Å²) in [6.45, 7) is 1.91. The zero-order chi connectivity index (χ0) is 19.8. The van der Waals surface area contributed by atoms with E-state index in [-0.39, 0.29) is 34.6 Å². The van der Waals surface area contributed by atoms with Gasteiger partial charge in [-0.15, -0.1) is 0 Å². The van der Waals surface area contributed by atoms with Crippen LogP contribution in [-0.2, 0) is 13.0 Å². The van der Waals surface area contributed by atoms with Crippen LogP contribution in [0.3, 0.4) is 0 Å². The number of rotatable bonds is 3. The van der Waals surface area contributed by atoms with Crippen molar-refractivity contribution in [2.24, 2.45) is 0 Å². The number of fused-ring (bicyclic) bond motifs is 1. The van der Waals surface area contributed by atoms with Gasteiger partial charge < -0.3 is 9.47 Å². The molecule has 1 aromatic heterocycles. The summed E-state index contributed by atoms with van der Waals surface area (Å²) in [5.41, 5.74) is 1.71. The van der Waals surface area contributed by atoms with E-state index in [0.717, 1.165) is 17.7 Å². The highest BCUT2D eigenvalue weighted by Crippen LogP contribution is 2.32. The number of carbonyl (C=O) groups excluding carboxylic acids is 1. The molecule has 0 saturated heterocycles. The van der Waals surface area contributed by atoms with Crippen molar-refractivity contribution >= 4 is 23.2 Å². The van der Waals surface area contributed by atoms with Gasteiger partial charge in [-0.05, 0) is 49.2 Å². The van der Waals surface area contributed by atoms with E-state index in [1.807, 2.05) is 31.2 Å². The monoisotopic (exact) mass is 396 g/mol. The van der Waals surface area contributed by atoms with Gasteiger partial charge in [-0.25, -0.2) is 4.39 Å². The van der Waals surface area contributed by atoms with Crippen LogP contribution in [0, 0.1) is 5.82 Å². The molecule has 1 amide bonds. The molecule has 1 aliphatic heterocycles. The predicted molar refractivity (Wildman–Crippen MR) is 108 cm³/mol. The van der Waals surface area contributed by atoms with Crippen LogP contribution in [0.4, 0.5) is 10.1 Å². The number of pyridine rings is 1. The second-order valence-corrected chi connectivity index (χ2v) is 7.32. The quantitative estimate of drug-likeness (QED) is 0.663. The topological polar surface area (TPSA) is 42.3 Å². The summed E-state index contributed by atoms with van der Waals surface area (Å²) in [6, 6.07) is 15.2. The lowest BCUT2D eigenvalue weighted by Gasteiger charge is -2.22. The molecule has 2 aromatic carbocycles. The Bertz CT molecular complexity index is 1110. The van der Waals surface area contributed by atoms with Crippen molar-refractivity contribution < 1.29 is 9.18 Å². The maximum atomic E-state index is 14.1. The molecule has 0 N–H and O–H groups in total. The maximum Gasteiger partial charge on any atom is 0.264 e. The number of nitrogens with zero attached hydrogens (tertiary/aromatic N) is 2. The van der Waals surface area contributed by atoms with Crippen LogP contribution in [0.15, 0.2) is 65.6 Å². The van der Waals surface area contributed by atoms with Crippen molar-refractivity contribution in [3.8, 4) is 0 Å². The van der Waals surface area contributed by atoms with Gasteiger partial charge in [-0.1, -0.05) is 35.9 Å². The Morgan fingerprint density at radius 2 is 1.93 bits per heavy atom. The van der Waals surface area contributed by atoms with E-state index in [1.165, 1.54) is 29.0 Å². The Kier molecular flexibility index (Phi) is 4.77. The number of aromatic nitrogens is 1. The van der Waals surface area contributed by atoms with Crippen molar-refractivity contribution in [1.29, 1.82) is 0 Å². The summed E-state index contributed by atoms with van der Waals surface area (Å²) >= 11 is 6.08. The first-order valence-corrected chi connectivity index (χ1v) is 9.39. The number of amides is 1. The van der Waals surface area contributed by atoms with Crippen LogP contribution in [0.1, 0.15) is 28.4 Å². The van der Waals surface area contributed by atoms with Crippen LogP contribution in [-0.4, -0.2) is 16.5 Å². The van der Waals surface area contributed by atoms with E-state index in [9.17, 15) is 14.0 Å². The lowest BCUT2D eigenvalue weighted by Crippen LogP contribution is -2.40. The molecule has 0 spiro atoms.